The van der Waals surface area contributed by atoms with Gasteiger partial charge in [-0.15, -0.1) is 0 Å². The Labute approximate surface area is 110 Å². The van der Waals surface area contributed by atoms with Crippen molar-refractivity contribution in [3.05, 3.63) is 62.0 Å². The van der Waals surface area contributed by atoms with Crippen LogP contribution in [-0.2, 0) is 6.54 Å². The third-order valence-electron chi connectivity index (χ3n) is 2.21. The van der Waals surface area contributed by atoms with Crippen molar-refractivity contribution in [2.45, 2.75) is 6.54 Å². The van der Waals surface area contributed by atoms with Crippen molar-refractivity contribution >= 4 is 27.5 Å². The van der Waals surface area contributed by atoms with Crippen LogP contribution in [0.3, 0.4) is 0 Å². The van der Waals surface area contributed by atoms with Gasteiger partial charge < -0.3 is 0 Å². The lowest BCUT2D eigenvalue weighted by atomic mass is 10.2. The van der Waals surface area contributed by atoms with Crippen molar-refractivity contribution < 1.29 is 4.39 Å². The van der Waals surface area contributed by atoms with Crippen LogP contribution in [0.1, 0.15) is 5.56 Å². The highest BCUT2D eigenvalue weighted by Gasteiger charge is 2.06. The highest BCUT2D eigenvalue weighted by molar-refractivity contribution is 9.10. The summed E-state index contributed by atoms with van der Waals surface area (Å²) in [5, 5.41) is 0.415. The molecule has 0 amide bonds. The quantitative estimate of drug-likeness (QED) is 0.853. The first-order valence-electron chi connectivity index (χ1n) is 4.72. The Kier molecular flexibility index (Phi) is 3.59. The molecule has 1 aromatic heterocycles. The minimum absolute atomic E-state index is 0.182. The summed E-state index contributed by atoms with van der Waals surface area (Å²) in [6, 6.07) is 4.03. The lowest BCUT2D eigenvalue weighted by molar-refractivity contribution is 0.622. The van der Waals surface area contributed by atoms with Crippen LogP contribution in [0.25, 0.3) is 0 Å². The molecule has 0 atom stereocenters. The molecule has 1 heterocycles. The van der Waals surface area contributed by atoms with Gasteiger partial charge in [-0.3, -0.25) is 9.36 Å². The Bertz CT molecular complexity index is 615. The standard InChI is InChI=1S/C11H7BrClFN2O/c12-9-4-15-6-16(11(9)17)5-7-3-8(14)1-2-10(7)13/h1-4,6H,5H2. The molecular formula is C11H7BrClFN2O. The van der Waals surface area contributed by atoms with E-state index in [-0.39, 0.29) is 17.9 Å². The molecule has 88 valence electrons. The Morgan fingerprint density at radius 1 is 1.47 bits per heavy atom. The van der Waals surface area contributed by atoms with Crippen LogP contribution < -0.4 is 5.56 Å². The molecular weight excluding hydrogens is 310 g/mol. The fraction of sp³-hybridized carbons (Fsp3) is 0.0909. The highest BCUT2D eigenvalue weighted by atomic mass is 79.9. The van der Waals surface area contributed by atoms with Gasteiger partial charge in [0.1, 0.15) is 10.3 Å². The molecule has 0 saturated heterocycles. The van der Waals surface area contributed by atoms with Crippen LogP contribution in [0.15, 0.2) is 40.0 Å². The monoisotopic (exact) mass is 316 g/mol. The van der Waals surface area contributed by atoms with Crippen molar-refractivity contribution in [3.8, 4) is 0 Å². The van der Waals surface area contributed by atoms with Crippen LogP contribution in [0.4, 0.5) is 4.39 Å². The second-order valence-corrected chi connectivity index (χ2v) is 4.67. The molecule has 17 heavy (non-hydrogen) atoms. The molecule has 3 nitrogen and oxygen atoms in total. The van der Waals surface area contributed by atoms with Crippen LogP contribution in [0.2, 0.25) is 5.02 Å². The second kappa shape index (κ2) is 4.98. The van der Waals surface area contributed by atoms with Crippen molar-refractivity contribution in [2.75, 3.05) is 0 Å². The van der Waals surface area contributed by atoms with Gasteiger partial charge in [0.25, 0.3) is 5.56 Å². The first kappa shape index (κ1) is 12.3. The summed E-state index contributed by atoms with van der Waals surface area (Å²) < 4.78 is 14.8. The number of aromatic nitrogens is 2. The Morgan fingerprint density at radius 3 is 3.00 bits per heavy atom. The van der Waals surface area contributed by atoms with Gasteiger partial charge >= 0.3 is 0 Å². The van der Waals surface area contributed by atoms with Gasteiger partial charge in [-0.05, 0) is 39.7 Å². The fourth-order valence-corrected chi connectivity index (χ4v) is 1.91. The average molecular weight is 318 g/mol. The van der Waals surface area contributed by atoms with Crippen LogP contribution in [0.5, 0.6) is 0 Å². The first-order valence-corrected chi connectivity index (χ1v) is 5.89. The summed E-state index contributed by atoms with van der Waals surface area (Å²) in [6.07, 6.45) is 2.79. The van der Waals surface area contributed by atoms with E-state index in [1.165, 1.54) is 35.3 Å². The predicted octanol–water partition coefficient (Wildman–Crippen LogP) is 2.85. The van der Waals surface area contributed by atoms with E-state index in [1.54, 1.807) is 0 Å². The molecule has 2 rings (SSSR count). The van der Waals surface area contributed by atoms with Crippen LogP contribution >= 0.6 is 27.5 Å². The molecule has 2 aromatic rings. The molecule has 0 spiro atoms. The van der Waals surface area contributed by atoms with Crippen LogP contribution in [-0.4, -0.2) is 9.55 Å². The Hall–Kier alpha value is -1.20. The summed E-state index contributed by atoms with van der Waals surface area (Å²) in [6.45, 7) is 0.182. The van der Waals surface area contributed by atoms with Crippen molar-refractivity contribution in [1.29, 1.82) is 0 Å². The zero-order chi connectivity index (χ0) is 12.4. The van der Waals surface area contributed by atoms with Gasteiger partial charge in [-0.2, -0.15) is 0 Å². The van der Waals surface area contributed by atoms with E-state index in [4.69, 9.17) is 11.6 Å². The number of halogens is 3. The highest BCUT2D eigenvalue weighted by Crippen LogP contribution is 2.17. The lowest BCUT2D eigenvalue weighted by Crippen LogP contribution is -2.21. The SMILES string of the molecule is O=c1c(Br)cncn1Cc1cc(F)ccc1Cl. The number of rotatable bonds is 2. The molecule has 0 fully saturated rings. The first-order chi connectivity index (χ1) is 8.08. The normalized spacial score (nSPS) is 10.5. The van der Waals surface area contributed by atoms with E-state index in [1.807, 2.05) is 0 Å². The molecule has 0 N–H and O–H groups in total. The molecule has 0 radical (unpaired) electrons. The predicted molar refractivity (Wildman–Crippen MR) is 66.7 cm³/mol. The zero-order valence-electron chi connectivity index (χ0n) is 8.53. The summed E-state index contributed by atoms with van der Waals surface area (Å²) in [7, 11) is 0. The molecule has 0 saturated carbocycles. The van der Waals surface area contributed by atoms with Crippen molar-refractivity contribution in [2.24, 2.45) is 0 Å². The molecule has 0 unspecified atom stereocenters. The summed E-state index contributed by atoms with van der Waals surface area (Å²) in [4.78, 5) is 15.6. The van der Waals surface area contributed by atoms with E-state index >= 15 is 0 Å². The second-order valence-electron chi connectivity index (χ2n) is 3.41. The van der Waals surface area contributed by atoms with E-state index in [0.29, 0.717) is 15.1 Å². The molecule has 0 aliphatic heterocycles. The molecule has 1 aromatic carbocycles. The van der Waals surface area contributed by atoms with E-state index in [2.05, 4.69) is 20.9 Å². The Morgan fingerprint density at radius 2 is 2.24 bits per heavy atom. The number of nitrogens with zero attached hydrogens (tertiary/aromatic N) is 2. The zero-order valence-corrected chi connectivity index (χ0v) is 10.9. The third-order valence-corrected chi connectivity index (χ3v) is 3.12. The van der Waals surface area contributed by atoms with E-state index < -0.39 is 0 Å². The van der Waals surface area contributed by atoms with Crippen LogP contribution in [0, 0.1) is 5.82 Å². The third kappa shape index (κ3) is 2.73. The molecule has 0 bridgehead atoms. The van der Waals surface area contributed by atoms with Gasteiger partial charge in [-0.1, -0.05) is 11.6 Å². The van der Waals surface area contributed by atoms with Crippen molar-refractivity contribution in [1.82, 2.24) is 9.55 Å². The molecule has 0 aliphatic carbocycles. The summed E-state index contributed by atoms with van der Waals surface area (Å²) >= 11 is 9.01. The molecule has 6 heteroatoms. The smallest absolute Gasteiger partial charge is 0.267 e. The summed E-state index contributed by atoms with van der Waals surface area (Å²) in [5.41, 5.74) is 0.300. The van der Waals surface area contributed by atoms with Gasteiger partial charge in [0.2, 0.25) is 0 Å². The average Bonchev–Trinajstić information content (AvgIpc) is 2.30. The minimum atomic E-state index is -0.389. The number of hydrogen-bond donors (Lipinski definition) is 0. The number of benzene rings is 1. The fourth-order valence-electron chi connectivity index (χ4n) is 1.38. The summed E-state index contributed by atoms with van der Waals surface area (Å²) in [5.74, 6) is -0.389. The Balaban J connectivity index is 2.41. The topological polar surface area (TPSA) is 34.9 Å². The minimum Gasteiger partial charge on any atom is -0.294 e. The van der Waals surface area contributed by atoms with Gasteiger partial charge in [0, 0.05) is 11.2 Å². The van der Waals surface area contributed by atoms with Gasteiger partial charge in [-0.25, -0.2) is 9.37 Å². The van der Waals surface area contributed by atoms with Crippen molar-refractivity contribution in [3.63, 3.8) is 0 Å². The maximum atomic E-state index is 13.1. The largest absolute Gasteiger partial charge is 0.294 e. The van der Waals surface area contributed by atoms with E-state index in [0.717, 1.165) is 0 Å². The van der Waals surface area contributed by atoms with Gasteiger partial charge in [0.15, 0.2) is 0 Å². The maximum Gasteiger partial charge on any atom is 0.267 e. The van der Waals surface area contributed by atoms with Gasteiger partial charge in [0.05, 0.1) is 12.9 Å². The number of hydrogen-bond acceptors (Lipinski definition) is 2. The lowest BCUT2D eigenvalue weighted by Gasteiger charge is -2.07. The van der Waals surface area contributed by atoms with E-state index in [9.17, 15) is 9.18 Å². The molecule has 0 aliphatic rings. The maximum absolute atomic E-state index is 13.1.